The Hall–Kier alpha value is 3.31. The first-order valence-corrected chi connectivity index (χ1v) is 11.1. The molecule has 0 atom stereocenters. The van der Waals surface area contributed by atoms with Gasteiger partial charge in [0.1, 0.15) is 0 Å². The standard InChI is InChI=1S/C8H12I6N4O/c1-2-15-7(19)5-6(18(13)14)8(9,10)16-3-4-17(11)12/h5,16H,2-4H2,1H3,(H,15,19)/b6-5-. The average Bonchev–Trinajstić information content (AvgIpc) is 2.24. The van der Waals surface area contributed by atoms with Crippen molar-refractivity contribution in [2.45, 2.75) is 8.48 Å². The molecule has 112 valence electrons. The number of likely N-dealkylation sites (N-methyl/N-ethyl adjacent to an activating group) is 1. The van der Waals surface area contributed by atoms with Gasteiger partial charge in [-0.2, -0.15) is 1.33 Å². The third-order valence-corrected chi connectivity index (χ3v) is 5.62. The number of amides is 1. The van der Waals surface area contributed by atoms with Crippen LogP contribution >= 0.6 is 137 Å². The lowest BCUT2D eigenvalue weighted by molar-refractivity contribution is -0.116. The van der Waals surface area contributed by atoms with E-state index < -0.39 is 0 Å². The average molecular weight is 942 g/mol. The number of hydrogen-bond donors (Lipinski definition) is 2. The highest BCUT2D eigenvalue weighted by Crippen LogP contribution is 2.38. The molecule has 0 radical (unpaired) electrons. The minimum absolute atomic E-state index is 0.0697. The van der Waals surface area contributed by atoms with Gasteiger partial charge in [-0.05, 0) is 52.1 Å². The predicted molar refractivity (Wildman–Crippen MR) is 130 cm³/mol. The molecule has 19 heavy (non-hydrogen) atoms. The largest absolute Gasteiger partial charge is 0.353 e. The highest BCUT2D eigenvalue weighted by molar-refractivity contribution is 14.2. The summed E-state index contributed by atoms with van der Waals surface area (Å²) in [6.45, 7) is 4.30. The number of rotatable bonds is 8. The molecular formula is C8H12I6N4O. The topological polar surface area (TPSA) is 47.6 Å². The molecule has 0 aliphatic rings. The van der Waals surface area contributed by atoms with Crippen molar-refractivity contribution in [3.63, 3.8) is 0 Å². The molecule has 0 unspecified atom stereocenters. The number of carbonyl (C=O) groups excluding carboxylic acids is 1. The lowest BCUT2D eigenvalue weighted by atomic mass is 10.3. The zero-order chi connectivity index (χ0) is 15.1. The molecule has 0 aromatic rings. The van der Waals surface area contributed by atoms with Crippen LogP contribution in [0.4, 0.5) is 0 Å². The monoisotopic (exact) mass is 942 g/mol. The summed E-state index contributed by atoms with van der Waals surface area (Å²) < 4.78 is 3.64. The summed E-state index contributed by atoms with van der Waals surface area (Å²) in [7, 11) is 0. The van der Waals surface area contributed by atoms with E-state index in [0.717, 1.165) is 18.8 Å². The number of nitrogens with zero attached hydrogens (tertiary/aromatic N) is 2. The third-order valence-electron chi connectivity index (χ3n) is 1.75. The number of halogens is 6. The van der Waals surface area contributed by atoms with E-state index in [4.69, 9.17) is 0 Å². The zero-order valence-electron chi connectivity index (χ0n) is 9.77. The van der Waals surface area contributed by atoms with Gasteiger partial charge < -0.3 is 5.32 Å². The molecule has 0 aliphatic carbocycles. The Morgan fingerprint density at radius 1 is 1.26 bits per heavy atom. The summed E-state index contributed by atoms with van der Waals surface area (Å²) >= 11 is 13.4. The molecule has 0 heterocycles. The summed E-state index contributed by atoms with van der Waals surface area (Å²) in [4.78, 5) is 11.7. The van der Waals surface area contributed by atoms with E-state index in [1.54, 1.807) is 6.08 Å². The fourth-order valence-corrected chi connectivity index (χ4v) is 5.65. The summed E-state index contributed by atoms with van der Waals surface area (Å²) in [6.07, 6.45) is 1.64. The molecule has 0 fully saturated rings. The van der Waals surface area contributed by atoms with Gasteiger partial charge in [0.15, 0.2) is 1.55 Å². The Morgan fingerprint density at radius 3 is 2.26 bits per heavy atom. The molecule has 11 heteroatoms. The molecular weight excluding hydrogens is 930 g/mol. The van der Waals surface area contributed by atoms with E-state index in [1.807, 2.05) is 8.25 Å². The van der Waals surface area contributed by atoms with Gasteiger partial charge >= 0.3 is 0 Å². The summed E-state index contributed by atoms with van der Waals surface area (Å²) in [5.41, 5.74) is 0.911. The van der Waals surface area contributed by atoms with Crippen molar-refractivity contribution < 1.29 is 4.79 Å². The molecule has 0 saturated carbocycles. The SMILES string of the molecule is CCNC(=O)/C=C(\N(I)I)C(I)(I)NCCN(I)I. The van der Waals surface area contributed by atoms with Crippen molar-refractivity contribution in [1.82, 2.24) is 13.3 Å². The van der Waals surface area contributed by atoms with Crippen LogP contribution in [0.3, 0.4) is 0 Å². The fraction of sp³-hybridized carbons (Fsp3) is 0.625. The molecule has 0 aliphatic heterocycles. The van der Waals surface area contributed by atoms with E-state index in [2.05, 4.69) is 149 Å². The molecule has 5 nitrogen and oxygen atoms in total. The van der Waals surface area contributed by atoms with Gasteiger partial charge in [-0.15, -0.1) is 0 Å². The van der Waals surface area contributed by atoms with E-state index in [-0.39, 0.29) is 7.46 Å². The smallest absolute Gasteiger partial charge is 0.245 e. The van der Waals surface area contributed by atoms with Gasteiger partial charge in [0.2, 0.25) is 5.91 Å². The quantitative estimate of drug-likeness (QED) is 0.127. The molecule has 0 spiro atoms. The maximum absolute atomic E-state index is 11.7. The maximum atomic E-state index is 11.7. The molecule has 1 amide bonds. The van der Waals surface area contributed by atoms with Crippen LogP contribution in [0.2, 0.25) is 0 Å². The van der Waals surface area contributed by atoms with Gasteiger partial charge in [-0.25, -0.2) is 0 Å². The van der Waals surface area contributed by atoms with Crippen molar-refractivity contribution in [2.24, 2.45) is 0 Å². The van der Waals surface area contributed by atoms with Crippen LogP contribution in [0, 0.1) is 0 Å². The van der Waals surface area contributed by atoms with Crippen LogP contribution in [0.5, 0.6) is 0 Å². The highest BCUT2D eigenvalue weighted by Gasteiger charge is 2.30. The van der Waals surface area contributed by atoms with Crippen molar-refractivity contribution in [2.75, 3.05) is 19.6 Å². The van der Waals surface area contributed by atoms with Gasteiger partial charge in [-0.1, -0.05) is 0 Å². The fourth-order valence-electron chi connectivity index (χ4n) is 0.983. The van der Waals surface area contributed by atoms with E-state index in [0.29, 0.717) is 6.54 Å². The van der Waals surface area contributed by atoms with Gasteiger partial charge in [-0.3, -0.25) is 11.4 Å². The zero-order valence-corrected chi connectivity index (χ0v) is 22.7. The van der Waals surface area contributed by atoms with Gasteiger partial charge in [0, 0.05) is 71.4 Å². The normalized spacial score (nSPS) is 12.7. The molecule has 0 saturated heterocycles. The predicted octanol–water partition coefficient (Wildman–Crippen LogP) is 4.12. The maximum Gasteiger partial charge on any atom is 0.245 e. The second-order valence-electron chi connectivity index (χ2n) is 3.18. The van der Waals surface area contributed by atoms with Crippen LogP contribution in [-0.2, 0) is 4.79 Å². The molecule has 0 rings (SSSR count). The second kappa shape index (κ2) is 11.8. The Kier molecular flexibility index (Phi) is 13.8. The summed E-state index contributed by atoms with van der Waals surface area (Å²) in [5.74, 6) is -0.0697. The van der Waals surface area contributed by atoms with E-state index >= 15 is 0 Å². The number of nitrogens with one attached hydrogen (secondary N) is 2. The van der Waals surface area contributed by atoms with Crippen LogP contribution in [-0.4, -0.2) is 29.7 Å². The number of alkyl halides is 2. The van der Waals surface area contributed by atoms with Crippen LogP contribution < -0.4 is 10.6 Å². The van der Waals surface area contributed by atoms with E-state index in [9.17, 15) is 4.79 Å². The van der Waals surface area contributed by atoms with Crippen LogP contribution in [0.15, 0.2) is 11.8 Å². The van der Waals surface area contributed by atoms with Crippen LogP contribution in [0.1, 0.15) is 6.92 Å². The first-order valence-electron chi connectivity index (χ1n) is 5.04. The Balaban J connectivity index is 4.80. The van der Waals surface area contributed by atoms with Crippen molar-refractivity contribution in [3.8, 4) is 0 Å². The lowest BCUT2D eigenvalue weighted by Gasteiger charge is -2.28. The van der Waals surface area contributed by atoms with Crippen LogP contribution in [0.25, 0.3) is 0 Å². The minimum Gasteiger partial charge on any atom is -0.353 e. The van der Waals surface area contributed by atoms with Gasteiger partial charge in [0.25, 0.3) is 0 Å². The van der Waals surface area contributed by atoms with Gasteiger partial charge in [0.05, 0.1) is 51.4 Å². The Morgan fingerprint density at radius 2 is 1.84 bits per heavy atom. The Labute approximate surface area is 196 Å². The minimum atomic E-state index is -0.327. The molecule has 0 aromatic carbocycles. The number of hydrogen-bond acceptors (Lipinski definition) is 4. The number of carbonyl (C=O) groups is 1. The third kappa shape index (κ3) is 10.7. The highest BCUT2D eigenvalue weighted by atomic mass is 127. The second-order valence-corrected chi connectivity index (χ2v) is 16.4. The van der Waals surface area contributed by atoms with Crippen molar-refractivity contribution >= 4 is 143 Å². The first kappa shape index (κ1) is 22.3. The molecule has 0 bridgehead atoms. The molecule has 2 N–H and O–H groups in total. The summed E-state index contributed by atoms with van der Waals surface area (Å²) in [5, 5.41) is 6.23. The first-order chi connectivity index (χ1) is 8.70. The molecule has 0 aromatic heterocycles. The Bertz CT molecular complexity index is 322. The lowest BCUT2D eigenvalue weighted by Crippen LogP contribution is -2.40. The summed E-state index contributed by atoms with van der Waals surface area (Å²) in [6, 6.07) is 0. The van der Waals surface area contributed by atoms with E-state index in [1.165, 1.54) is 0 Å². The van der Waals surface area contributed by atoms with Crippen molar-refractivity contribution in [3.05, 3.63) is 11.8 Å². The van der Waals surface area contributed by atoms with Crippen molar-refractivity contribution in [1.29, 1.82) is 0 Å².